The van der Waals surface area contributed by atoms with Crippen molar-refractivity contribution in [2.45, 2.75) is 198 Å². The smallest absolute Gasteiger partial charge is 0.264 e. The molecule has 0 spiro atoms. The highest BCUT2D eigenvalue weighted by Gasteiger charge is 2.56. The van der Waals surface area contributed by atoms with Gasteiger partial charge in [-0.2, -0.15) is 0 Å². The standard InChI is InChI=1S/C76H83BN2S/c1-46-38-64-67-65(39-46)79(50-28-30-52-51-26-20-21-27-54(51)76(56(52)40-50,47-22-16-14-17-23-47)48-24-18-15-19-25-48)68-53-42-58-61(75(12,13)37-34-72(58,6)7)45-66(53)80-69(68)77(67)62-43-59-60(74(10,11)36-35-73(59,8)9)44-63(62)78(64)49-29-31-55-57(41-49)71(4,5)33-32-70(55,2)3/h14-19,22-25,28-31,38-45,51,54H,20-21,26-27,32-37H2,1-13H3. The summed E-state index contributed by atoms with van der Waals surface area (Å²) in [5, 5.41) is 1.41. The normalized spacial score (nSPS) is 23.2. The average Bonchev–Trinajstić information content (AvgIpc) is 3.88. The fraction of sp³-hybridized carbons (Fsp3) is 0.421. The average molecular weight is 1070 g/mol. The molecule has 0 amide bonds. The van der Waals surface area contributed by atoms with Gasteiger partial charge in [0.05, 0.1) is 5.69 Å². The first kappa shape index (κ1) is 51.1. The minimum atomic E-state index is -0.276. The van der Waals surface area contributed by atoms with E-state index in [1.165, 1.54) is 169 Å². The Kier molecular flexibility index (Phi) is 10.8. The lowest BCUT2D eigenvalue weighted by atomic mass is 9.35. The molecule has 1 saturated carbocycles. The van der Waals surface area contributed by atoms with E-state index in [0.717, 1.165) is 0 Å². The summed E-state index contributed by atoms with van der Waals surface area (Å²) >= 11 is 2.11. The molecule has 1 aromatic heterocycles. The number of thiophene rings is 1. The van der Waals surface area contributed by atoms with Crippen LogP contribution in [-0.2, 0) is 37.9 Å². The van der Waals surface area contributed by atoms with Gasteiger partial charge in [-0.15, -0.1) is 11.3 Å². The van der Waals surface area contributed by atoms with Gasteiger partial charge in [0, 0.05) is 48.7 Å². The fourth-order valence-corrected chi connectivity index (χ4v) is 19.2. The van der Waals surface area contributed by atoms with Gasteiger partial charge in [0.15, 0.2) is 0 Å². The molecule has 2 atom stereocenters. The summed E-state index contributed by atoms with van der Waals surface area (Å²) in [6.07, 6.45) is 12.2. The van der Waals surface area contributed by atoms with Crippen molar-refractivity contribution in [1.29, 1.82) is 0 Å². The summed E-state index contributed by atoms with van der Waals surface area (Å²) < 4.78 is 2.91. The van der Waals surface area contributed by atoms with E-state index in [4.69, 9.17) is 0 Å². The third-order valence-electron chi connectivity index (χ3n) is 22.7. The largest absolute Gasteiger partial charge is 0.311 e. The van der Waals surface area contributed by atoms with E-state index >= 15 is 0 Å². The molecule has 0 saturated heterocycles. The zero-order valence-electron chi connectivity index (χ0n) is 50.3. The van der Waals surface area contributed by atoms with Gasteiger partial charge in [-0.1, -0.05) is 175 Å². The lowest BCUT2D eigenvalue weighted by molar-refractivity contribution is 0.262. The van der Waals surface area contributed by atoms with Crippen molar-refractivity contribution < 1.29 is 0 Å². The molecule has 5 aliphatic carbocycles. The Morgan fingerprint density at radius 2 is 0.938 bits per heavy atom. The van der Waals surface area contributed by atoms with Crippen molar-refractivity contribution in [3.8, 4) is 0 Å². The Balaban J connectivity index is 1.06. The Morgan fingerprint density at radius 1 is 0.450 bits per heavy atom. The molecule has 2 aliphatic heterocycles. The molecule has 7 aliphatic rings. The molecular formula is C76H83BN2S. The van der Waals surface area contributed by atoms with Gasteiger partial charge in [0.25, 0.3) is 6.71 Å². The van der Waals surface area contributed by atoms with E-state index in [2.05, 4.69) is 245 Å². The third-order valence-corrected chi connectivity index (χ3v) is 24.0. The van der Waals surface area contributed by atoms with Gasteiger partial charge in [-0.25, -0.2) is 0 Å². The number of aryl methyl sites for hydroxylation is 1. The number of hydrogen-bond acceptors (Lipinski definition) is 3. The van der Waals surface area contributed by atoms with Crippen molar-refractivity contribution >= 4 is 78.0 Å². The second-order valence-electron chi connectivity index (χ2n) is 30.3. The quantitative estimate of drug-likeness (QED) is 0.162. The summed E-state index contributed by atoms with van der Waals surface area (Å²) in [7, 11) is 0. The molecule has 0 bridgehead atoms. The zero-order valence-corrected chi connectivity index (χ0v) is 51.1. The molecule has 2 nitrogen and oxygen atoms in total. The number of benzene rings is 7. The van der Waals surface area contributed by atoms with Gasteiger partial charge < -0.3 is 9.80 Å². The van der Waals surface area contributed by atoms with Crippen LogP contribution in [0, 0.1) is 12.8 Å². The first-order valence-electron chi connectivity index (χ1n) is 31.0. The maximum absolute atomic E-state index is 2.82. The maximum atomic E-state index is 2.82. The van der Waals surface area contributed by atoms with Crippen molar-refractivity contribution in [1.82, 2.24) is 0 Å². The Hall–Kier alpha value is -5.84. The summed E-state index contributed by atoms with van der Waals surface area (Å²) in [4.78, 5) is 5.58. The molecular weight excluding hydrogens is 984 g/mol. The highest BCUT2D eigenvalue weighted by atomic mass is 32.1. The SMILES string of the molecule is Cc1cc2c3c(c1)N(c1ccc4c(c1)C(c1ccccc1)(c1ccccc1)C1CCCCC41)c1c(sc4cc5c(cc14)C(C)(C)CCC5(C)C)B3c1cc3c(cc1N2c1ccc2c(c1)C(C)(C)CCC2(C)C)C(C)(C)CCC3(C)C. The minimum absolute atomic E-state index is 0.0496. The van der Waals surface area contributed by atoms with Gasteiger partial charge in [0.2, 0.25) is 0 Å². The Labute approximate surface area is 483 Å². The highest BCUT2D eigenvalue weighted by Crippen LogP contribution is 2.64. The van der Waals surface area contributed by atoms with Crippen molar-refractivity contribution in [3.63, 3.8) is 0 Å². The minimum Gasteiger partial charge on any atom is -0.311 e. The topological polar surface area (TPSA) is 6.48 Å². The molecule has 0 radical (unpaired) electrons. The van der Waals surface area contributed by atoms with Crippen LogP contribution in [0.1, 0.15) is 214 Å². The van der Waals surface area contributed by atoms with Crippen LogP contribution in [0.3, 0.4) is 0 Å². The molecule has 2 unspecified atom stereocenters. The first-order chi connectivity index (χ1) is 38.0. The van der Waals surface area contributed by atoms with Crippen molar-refractivity contribution in [2.24, 2.45) is 5.92 Å². The van der Waals surface area contributed by atoms with Gasteiger partial charge in [-0.3, -0.25) is 0 Å². The number of rotatable bonds is 4. The molecule has 1 fully saturated rings. The third kappa shape index (κ3) is 7.02. The fourth-order valence-electron chi connectivity index (χ4n) is 17.9. The molecule has 0 N–H and O–H groups in total. The van der Waals surface area contributed by atoms with Crippen LogP contribution in [0.5, 0.6) is 0 Å². The van der Waals surface area contributed by atoms with Gasteiger partial charge in [0.1, 0.15) is 0 Å². The Morgan fingerprint density at radius 3 is 1.55 bits per heavy atom. The van der Waals surface area contributed by atoms with Crippen LogP contribution in [0.2, 0.25) is 0 Å². The van der Waals surface area contributed by atoms with Crippen LogP contribution in [-0.4, -0.2) is 6.71 Å². The number of anilines is 6. The van der Waals surface area contributed by atoms with Crippen molar-refractivity contribution in [2.75, 3.05) is 9.80 Å². The van der Waals surface area contributed by atoms with Crippen molar-refractivity contribution in [3.05, 3.63) is 195 Å². The summed E-state index contributed by atoms with van der Waals surface area (Å²) in [6.45, 7) is 32.5. The second-order valence-corrected chi connectivity index (χ2v) is 31.4. The van der Waals surface area contributed by atoms with Crippen LogP contribution < -0.4 is 25.5 Å². The molecule has 7 aromatic carbocycles. The van der Waals surface area contributed by atoms with Gasteiger partial charge >= 0.3 is 0 Å². The number of nitrogens with zero attached hydrogens (tertiary/aromatic N) is 2. The highest BCUT2D eigenvalue weighted by molar-refractivity contribution is 7.33. The van der Waals surface area contributed by atoms with Crippen LogP contribution >= 0.6 is 11.3 Å². The van der Waals surface area contributed by atoms with E-state index in [9.17, 15) is 0 Å². The predicted octanol–water partition coefficient (Wildman–Crippen LogP) is 19.0. The Bertz CT molecular complexity index is 3860. The molecule has 3 heterocycles. The summed E-state index contributed by atoms with van der Waals surface area (Å²) in [6, 6.07) is 55.0. The number of hydrogen-bond donors (Lipinski definition) is 0. The maximum Gasteiger partial charge on any atom is 0.264 e. The lowest BCUT2D eigenvalue weighted by Gasteiger charge is -2.47. The second kappa shape index (κ2) is 16.9. The predicted molar refractivity (Wildman–Crippen MR) is 344 cm³/mol. The zero-order chi connectivity index (χ0) is 55.4. The molecule has 80 heavy (non-hydrogen) atoms. The molecule has 4 heteroatoms. The molecule has 8 aromatic rings. The van der Waals surface area contributed by atoms with Crippen LogP contribution in [0.25, 0.3) is 10.1 Å². The summed E-state index contributed by atoms with van der Waals surface area (Å²) in [5.41, 5.74) is 27.5. The lowest BCUT2D eigenvalue weighted by Crippen LogP contribution is -2.61. The van der Waals surface area contributed by atoms with Gasteiger partial charge in [-0.05, 0) is 229 Å². The van der Waals surface area contributed by atoms with Crippen LogP contribution in [0.15, 0.2) is 133 Å². The van der Waals surface area contributed by atoms with E-state index < -0.39 is 0 Å². The molecule has 15 rings (SSSR count). The number of fused-ring (bicyclic) bond motifs is 12. The van der Waals surface area contributed by atoms with E-state index in [-0.39, 0.29) is 44.6 Å². The summed E-state index contributed by atoms with van der Waals surface area (Å²) in [5.74, 6) is 0.994. The van der Waals surface area contributed by atoms with Crippen LogP contribution in [0.4, 0.5) is 34.1 Å². The van der Waals surface area contributed by atoms with E-state index in [1.807, 2.05) is 0 Å². The molecule has 406 valence electrons. The van der Waals surface area contributed by atoms with E-state index in [1.54, 1.807) is 16.7 Å². The first-order valence-corrected chi connectivity index (χ1v) is 31.8. The van der Waals surface area contributed by atoms with E-state index in [0.29, 0.717) is 11.8 Å². The monoisotopic (exact) mass is 1070 g/mol.